The number of urea groups is 1. The second-order valence-corrected chi connectivity index (χ2v) is 7.57. The summed E-state index contributed by atoms with van der Waals surface area (Å²) in [6.07, 6.45) is 2.54. The maximum Gasteiger partial charge on any atom is 0.321 e. The molecule has 132 valence electrons. The van der Waals surface area contributed by atoms with Gasteiger partial charge in [0.2, 0.25) is 10.3 Å². The molecule has 3 N–H and O–H groups in total. The second-order valence-electron chi connectivity index (χ2n) is 5.78. The van der Waals surface area contributed by atoms with Gasteiger partial charge in [-0.05, 0) is 49.6 Å². The van der Waals surface area contributed by atoms with E-state index < -0.39 is 5.97 Å². The van der Waals surface area contributed by atoms with E-state index in [2.05, 4.69) is 20.0 Å². The molecule has 0 saturated heterocycles. The topological polar surface area (TPSA) is 104 Å². The standard InChI is InChI=1S/C16H18N4O3S2/c21-13(22)10-6-8-11(9-7-10)17-14(23)18-15-19-16(20-25-15)24-12-4-2-1-3-5-12/h1-5,10-11H,6-9H2,(H,21,22)(H2,17,18,19,20,23). The number of amides is 2. The van der Waals surface area contributed by atoms with E-state index in [1.165, 1.54) is 11.8 Å². The summed E-state index contributed by atoms with van der Waals surface area (Å²) in [5, 5.41) is 15.6. The van der Waals surface area contributed by atoms with Crippen molar-refractivity contribution in [1.82, 2.24) is 14.7 Å². The molecule has 1 aliphatic rings. The van der Waals surface area contributed by atoms with Crippen LogP contribution in [0.25, 0.3) is 0 Å². The maximum absolute atomic E-state index is 12.1. The largest absolute Gasteiger partial charge is 0.481 e. The third-order valence-corrected chi connectivity index (χ3v) is 5.61. The molecule has 0 spiro atoms. The Balaban J connectivity index is 1.46. The highest BCUT2D eigenvalue weighted by Crippen LogP contribution is 2.27. The molecule has 1 saturated carbocycles. The Morgan fingerprint density at radius 2 is 1.88 bits per heavy atom. The summed E-state index contributed by atoms with van der Waals surface area (Å²) in [4.78, 5) is 28.3. The van der Waals surface area contributed by atoms with Crippen molar-refractivity contribution in [2.75, 3.05) is 5.32 Å². The first kappa shape index (κ1) is 17.7. The van der Waals surface area contributed by atoms with Gasteiger partial charge in [0.15, 0.2) is 0 Å². The van der Waals surface area contributed by atoms with Crippen molar-refractivity contribution >= 4 is 40.4 Å². The number of hydrogen-bond donors (Lipinski definition) is 3. The van der Waals surface area contributed by atoms with Crippen LogP contribution in [0.1, 0.15) is 25.7 Å². The van der Waals surface area contributed by atoms with Gasteiger partial charge in [-0.2, -0.15) is 9.36 Å². The number of benzene rings is 1. The summed E-state index contributed by atoms with van der Waals surface area (Å²) in [5.74, 6) is -1.04. The zero-order valence-electron chi connectivity index (χ0n) is 13.3. The third-order valence-electron chi connectivity index (χ3n) is 3.99. The van der Waals surface area contributed by atoms with Crippen LogP contribution in [0.15, 0.2) is 40.4 Å². The molecule has 0 bridgehead atoms. The number of aromatic nitrogens is 2. The average molecular weight is 378 g/mol. The van der Waals surface area contributed by atoms with Gasteiger partial charge in [-0.3, -0.25) is 10.1 Å². The van der Waals surface area contributed by atoms with Gasteiger partial charge in [0.25, 0.3) is 0 Å². The van der Waals surface area contributed by atoms with Gasteiger partial charge in [-0.25, -0.2) is 4.79 Å². The Bertz CT molecular complexity index is 730. The van der Waals surface area contributed by atoms with Crippen molar-refractivity contribution in [2.24, 2.45) is 5.92 Å². The van der Waals surface area contributed by atoms with Gasteiger partial charge in [0.1, 0.15) is 0 Å². The minimum absolute atomic E-state index is 0.00156. The summed E-state index contributed by atoms with van der Waals surface area (Å²) < 4.78 is 4.23. The highest BCUT2D eigenvalue weighted by Gasteiger charge is 2.26. The van der Waals surface area contributed by atoms with Gasteiger partial charge < -0.3 is 10.4 Å². The number of anilines is 1. The molecular weight excluding hydrogens is 360 g/mol. The number of nitrogens with zero attached hydrogens (tertiary/aromatic N) is 2. The predicted octanol–water partition coefficient (Wildman–Crippen LogP) is 3.45. The Kier molecular flexibility index (Phi) is 5.87. The fourth-order valence-electron chi connectivity index (χ4n) is 2.70. The lowest BCUT2D eigenvalue weighted by atomic mass is 9.86. The van der Waals surface area contributed by atoms with Crippen LogP contribution >= 0.6 is 23.3 Å². The first-order chi connectivity index (χ1) is 12.1. The van der Waals surface area contributed by atoms with E-state index in [9.17, 15) is 9.59 Å². The fraction of sp³-hybridized carbons (Fsp3) is 0.375. The molecule has 0 atom stereocenters. The molecular formula is C16H18N4O3S2. The molecule has 1 fully saturated rings. The van der Waals surface area contributed by atoms with Crippen LogP contribution in [0, 0.1) is 5.92 Å². The number of carbonyl (C=O) groups is 2. The van der Waals surface area contributed by atoms with Crippen LogP contribution in [0.2, 0.25) is 0 Å². The highest BCUT2D eigenvalue weighted by molar-refractivity contribution is 7.99. The van der Waals surface area contributed by atoms with Gasteiger partial charge in [-0.1, -0.05) is 18.2 Å². The van der Waals surface area contributed by atoms with Crippen LogP contribution < -0.4 is 10.6 Å². The first-order valence-corrected chi connectivity index (χ1v) is 9.56. The Hall–Kier alpha value is -2.13. The lowest BCUT2D eigenvalue weighted by Crippen LogP contribution is -2.40. The zero-order valence-corrected chi connectivity index (χ0v) is 15.0. The summed E-state index contributed by atoms with van der Waals surface area (Å²) in [6.45, 7) is 0. The molecule has 25 heavy (non-hydrogen) atoms. The van der Waals surface area contributed by atoms with Crippen molar-refractivity contribution in [3.8, 4) is 0 Å². The van der Waals surface area contributed by atoms with Gasteiger partial charge >= 0.3 is 12.0 Å². The molecule has 1 aromatic heterocycles. The number of carbonyl (C=O) groups excluding carboxylic acids is 1. The second kappa shape index (κ2) is 8.30. The van der Waals surface area contributed by atoms with Crippen LogP contribution in [0.4, 0.5) is 9.93 Å². The van der Waals surface area contributed by atoms with E-state index in [1.54, 1.807) is 0 Å². The fourth-order valence-corrected chi connectivity index (χ4v) is 4.13. The number of aliphatic carboxylic acids is 1. The first-order valence-electron chi connectivity index (χ1n) is 7.97. The summed E-state index contributed by atoms with van der Waals surface area (Å²) in [6, 6.07) is 9.45. The summed E-state index contributed by atoms with van der Waals surface area (Å²) >= 11 is 2.57. The van der Waals surface area contributed by atoms with E-state index in [0.29, 0.717) is 36.0 Å². The number of carboxylic acid groups (broad SMARTS) is 1. The molecule has 2 amide bonds. The maximum atomic E-state index is 12.1. The molecule has 0 unspecified atom stereocenters. The van der Waals surface area contributed by atoms with Crippen LogP contribution in [-0.4, -0.2) is 32.5 Å². The molecule has 0 radical (unpaired) electrons. The average Bonchev–Trinajstić information content (AvgIpc) is 3.03. The smallest absolute Gasteiger partial charge is 0.321 e. The normalized spacial score (nSPS) is 20.0. The highest BCUT2D eigenvalue weighted by atomic mass is 32.2. The lowest BCUT2D eigenvalue weighted by Gasteiger charge is -2.26. The summed E-state index contributed by atoms with van der Waals surface area (Å²) in [5.41, 5.74) is 0. The molecule has 1 aromatic carbocycles. The Labute approximate surface area is 153 Å². The molecule has 1 aliphatic carbocycles. The van der Waals surface area contributed by atoms with Gasteiger partial charge in [0, 0.05) is 22.5 Å². The molecule has 0 aliphatic heterocycles. The van der Waals surface area contributed by atoms with E-state index in [-0.39, 0.29) is 18.0 Å². The van der Waals surface area contributed by atoms with Crippen LogP contribution in [0.3, 0.4) is 0 Å². The molecule has 9 heteroatoms. The minimum Gasteiger partial charge on any atom is -0.481 e. The quantitative estimate of drug-likeness (QED) is 0.736. The Morgan fingerprint density at radius 1 is 1.16 bits per heavy atom. The number of hydrogen-bond acceptors (Lipinski definition) is 6. The van der Waals surface area contributed by atoms with Crippen molar-refractivity contribution in [1.29, 1.82) is 0 Å². The molecule has 2 aromatic rings. The van der Waals surface area contributed by atoms with Crippen LogP contribution in [-0.2, 0) is 4.79 Å². The van der Waals surface area contributed by atoms with Gasteiger partial charge in [-0.15, -0.1) is 0 Å². The van der Waals surface area contributed by atoms with E-state index in [4.69, 9.17) is 5.11 Å². The SMILES string of the molecule is O=C(Nc1nc(Sc2ccccc2)ns1)NC1CCC(C(=O)O)CC1. The molecule has 3 rings (SSSR count). The van der Waals surface area contributed by atoms with Crippen molar-refractivity contribution < 1.29 is 14.7 Å². The monoisotopic (exact) mass is 378 g/mol. The van der Waals surface area contributed by atoms with E-state index >= 15 is 0 Å². The number of carboxylic acids is 1. The van der Waals surface area contributed by atoms with Crippen LogP contribution in [0.5, 0.6) is 0 Å². The molecule has 7 nitrogen and oxygen atoms in total. The predicted molar refractivity (Wildman–Crippen MR) is 96.0 cm³/mol. The summed E-state index contributed by atoms with van der Waals surface area (Å²) in [7, 11) is 0. The number of nitrogens with one attached hydrogen (secondary N) is 2. The van der Waals surface area contributed by atoms with Gasteiger partial charge in [0.05, 0.1) is 5.92 Å². The number of rotatable bonds is 5. The van der Waals surface area contributed by atoms with Crippen molar-refractivity contribution in [2.45, 2.75) is 41.8 Å². The minimum atomic E-state index is -0.750. The molecule has 1 heterocycles. The zero-order chi connectivity index (χ0) is 17.6. The van der Waals surface area contributed by atoms with Crippen molar-refractivity contribution in [3.05, 3.63) is 30.3 Å². The van der Waals surface area contributed by atoms with Crippen molar-refractivity contribution in [3.63, 3.8) is 0 Å². The Morgan fingerprint density at radius 3 is 2.56 bits per heavy atom. The van der Waals surface area contributed by atoms with E-state index in [0.717, 1.165) is 16.4 Å². The lowest BCUT2D eigenvalue weighted by molar-refractivity contribution is -0.142. The van der Waals surface area contributed by atoms with E-state index in [1.807, 2.05) is 30.3 Å². The third kappa shape index (κ3) is 5.17.